The molecule has 0 unspecified atom stereocenters. The minimum atomic E-state index is -0.0185. The normalized spacial score (nSPS) is 21.6. The number of hydrogen-bond donors (Lipinski definition) is 2. The van der Waals surface area contributed by atoms with Gasteiger partial charge in [-0.1, -0.05) is 12.1 Å². The molecule has 1 saturated heterocycles. The molecule has 6 rings (SSSR count). The summed E-state index contributed by atoms with van der Waals surface area (Å²) in [5, 5.41) is 4.57. The number of aromatic amines is 1. The standard InChI is InChI=1S/C29H32N6O2/c1-18-4-3-5-26(34-18)28-27(32-17-33-28)20-6-7-25-21(12-20)13-23(15-31-25)30-14-19-10-22(11-19)29(36)37-24-8-9-35(2)16-24/h3-7,12-13,15,17,19,22,24,30H,8-11,14,16H2,1-2H3,(H,32,33)/t19?,22?,24-/m1/s1. The molecule has 37 heavy (non-hydrogen) atoms. The number of carbonyl (C=O) groups excluding carboxylic acids is 1. The van der Waals surface area contributed by atoms with E-state index in [-0.39, 0.29) is 18.0 Å². The summed E-state index contributed by atoms with van der Waals surface area (Å²) >= 11 is 0. The first-order valence-corrected chi connectivity index (χ1v) is 13.0. The van der Waals surface area contributed by atoms with E-state index in [1.54, 1.807) is 6.33 Å². The number of aryl methyl sites for hydroxylation is 1. The van der Waals surface area contributed by atoms with Crippen molar-refractivity contribution in [2.45, 2.75) is 32.3 Å². The molecule has 0 bridgehead atoms. The fourth-order valence-electron chi connectivity index (χ4n) is 5.37. The van der Waals surface area contributed by atoms with Crippen molar-refractivity contribution in [2.75, 3.05) is 32.0 Å². The maximum Gasteiger partial charge on any atom is 0.309 e. The molecule has 0 radical (unpaired) electrons. The third-order valence-corrected chi connectivity index (χ3v) is 7.53. The van der Waals surface area contributed by atoms with Gasteiger partial charge in [0.1, 0.15) is 6.10 Å². The number of pyridine rings is 2. The van der Waals surface area contributed by atoms with Crippen molar-refractivity contribution in [2.24, 2.45) is 11.8 Å². The lowest BCUT2D eigenvalue weighted by Crippen LogP contribution is -2.37. The lowest BCUT2D eigenvalue weighted by molar-refractivity contribution is -0.158. The van der Waals surface area contributed by atoms with Crippen LogP contribution >= 0.6 is 0 Å². The van der Waals surface area contributed by atoms with Gasteiger partial charge in [-0.15, -0.1) is 0 Å². The first-order chi connectivity index (χ1) is 18.0. The molecule has 1 saturated carbocycles. The number of aromatic nitrogens is 4. The Morgan fingerprint density at radius 1 is 1.19 bits per heavy atom. The molecule has 0 amide bonds. The number of H-pyrrole nitrogens is 1. The van der Waals surface area contributed by atoms with E-state index >= 15 is 0 Å². The molecule has 8 heteroatoms. The van der Waals surface area contributed by atoms with Gasteiger partial charge < -0.3 is 19.9 Å². The van der Waals surface area contributed by atoms with Crippen LogP contribution in [-0.2, 0) is 9.53 Å². The molecule has 2 aliphatic rings. The van der Waals surface area contributed by atoms with Gasteiger partial charge in [-0.3, -0.25) is 14.8 Å². The number of ether oxygens (including phenoxy) is 1. The van der Waals surface area contributed by atoms with E-state index in [0.29, 0.717) is 5.92 Å². The van der Waals surface area contributed by atoms with E-state index in [1.807, 2.05) is 37.4 Å². The quantitative estimate of drug-likeness (QED) is 0.359. The Labute approximate surface area is 216 Å². The van der Waals surface area contributed by atoms with Crippen LogP contribution in [0.15, 0.2) is 55.0 Å². The third-order valence-electron chi connectivity index (χ3n) is 7.53. The summed E-state index contributed by atoms with van der Waals surface area (Å²) in [7, 11) is 2.07. The van der Waals surface area contributed by atoms with Crippen LogP contribution in [0.25, 0.3) is 33.5 Å². The summed E-state index contributed by atoms with van der Waals surface area (Å²) in [5.41, 5.74) is 6.54. The topological polar surface area (TPSA) is 96.0 Å². The Balaban J connectivity index is 1.09. The molecule has 1 aliphatic heterocycles. The summed E-state index contributed by atoms with van der Waals surface area (Å²) in [4.78, 5) is 31.8. The van der Waals surface area contributed by atoms with Gasteiger partial charge in [0.05, 0.1) is 46.7 Å². The fourth-order valence-corrected chi connectivity index (χ4v) is 5.37. The van der Waals surface area contributed by atoms with Crippen molar-refractivity contribution in [1.29, 1.82) is 0 Å². The number of likely N-dealkylation sites (N-methyl/N-ethyl adjacent to an activating group) is 1. The highest BCUT2D eigenvalue weighted by Gasteiger charge is 2.37. The third kappa shape index (κ3) is 5.06. The van der Waals surface area contributed by atoms with Gasteiger partial charge in [0.25, 0.3) is 0 Å². The zero-order valence-corrected chi connectivity index (χ0v) is 21.3. The molecular weight excluding hydrogens is 464 g/mol. The van der Waals surface area contributed by atoms with Crippen molar-refractivity contribution < 1.29 is 9.53 Å². The van der Waals surface area contributed by atoms with Gasteiger partial charge in [-0.05, 0) is 69.5 Å². The van der Waals surface area contributed by atoms with Crippen LogP contribution in [0.1, 0.15) is 25.0 Å². The Morgan fingerprint density at radius 2 is 2.08 bits per heavy atom. The van der Waals surface area contributed by atoms with Crippen LogP contribution in [0.4, 0.5) is 5.69 Å². The van der Waals surface area contributed by atoms with Gasteiger partial charge in [0.15, 0.2) is 0 Å². The highest BCUT2D eigenvalue weighted by atomic mass is 16.5. The van der Waals surface area contributed by atoms with Crippen LogP contribution in [0.2, 0.25) is 0 Å². The molecule has 3 aromatic heterocycles. The number of imidazole rings is 1. The van der Waals surface area contributed by atoms with Crippen LogP contribution in [0.5, 0.6) is 0 Å². The maximum atomic E-state index is 12.4. The minimum absolute atomic E-state index is 0.0185. The fraction of sp³-hybridized carbons (Fsp3) is 0.379. The van der Waals surface area contributed by atoms with E-state index in [0.717, 1.165) is 83.8 Å². The smallest absolute Gasteiger partial charge is 0.309 e. The van der Waals surface area contributed by atoms with Gasteiger partial charge in [-0.2, -0.15) is 0 Å². The zero-order chi connectivity index (χ0) is 25.4. The minimum Gasteiger partial charge on any atom is -0.461 e. The molecular formula is C29H32N6O2. The number of fused-ring (bicyclic) bond motifs is 1. The maximum absolute atomic E-state index is 12.4. The van der Waals surface area contributed by atoms with E-state index in [2.05, 4.69) is 55.4 Å². The number of hydrogen-bond acceptors (Lipinski definition) is 7. The molecule has 2 N–H and O–H groups in total. The van der Waals surface area contributed by atoms with Crippen LogP contribution < -0.4 is 5.32 Å². The molecule has 2 fully saturated rings. The monoisotopic (exact) mass is 496 g/mol. The van der Waals surface area contributed by atoms with Gasteiger partial charge in [0, 0.05) is 36.3 Å². The predicted molar refractivity (Wildman–Crippen MR) is 144 cm³/mol. The number of likely N-dealkylation sites (tertiary alicyclic amines) is 1. The first-order valence-electron chi connectivity index (χ1n) is 13.0. The zero-order valence-electron chi connectivity index (χ0n) is 21.3. The van der Waals surface area contributed by atoms with Crippen molar-refractivity contribution in [3.63, 3.8) is 0 Å². The van der Waals surface area contributed by atoms with Crippen LogP contribution in [0, 0.1) is 18.8 Å². The van der Waals surface area contributed by atoms with Gasteiger partial charge >= 0.3 is 5.97 Å². The molecule has 1 aromatic carbocycles. The van der Waals surface area contributed by atoms with Gasteiger partial charge in [0.2, 0.25) is 0 Å². The number of rotatable bonds is 7. The molecule has 4 aromatic rings. The van der Waals surface area contributed by atoms with Crippen molar-refractivity contribution >= 4 is 22.6 Å². The molecule has 1 aliphatic carbocycles. The van der Waals surface area contributed by atoms with E-state index in [9.17, 15) is 4.79 Å². The average molecular weight is 497 g/mol. The number of nitrogens with zero attached hydrogens (tertiary/aromatic N) is 4. The number of esters is 1. The summed E-state index contributed by atoms with van der Waals surface area (Å²) in [6.07, 6.45) is 6.36. The van der Waals surface area contributed by atoms with E-state index < -0.39 is 0 Å². The Hall–Kier alpha value is -3.78. The molecule has 1 atom stereocenters. The Kier molecular flexibility index (Phi) is 6.34. The summed E-state index contributed by atoms with van der Waals surface area (Å²) in [5.74, 6) is 0.496. The number of nitrogens with one attached hydrogen (secondary N) is 2. The Morgan fingerprint density at radius 3 is 2.89 bits per heavy atom. The van der Waals surface area contributed by atoms with Crippen LogP contribution in [0.3, 0.4) is 0 Å². The molecule has 0 spiro atoms. The predicted octanol–water partition coefficient (Wildman–Crippen LogP) is 4.68. The first kappa shape index (κ1) is 23.6. The number of benzene rings is 1. The van der Waals surface area contributed by atoms with Crippen molar-refractivity contribution in [1.82, 2.24) is 24.8 Å². The SMILES string of the molecule is Cc1cccc(-c2[nH]cnc2-c2ccc3ncc(NCC4CC(C(=O)O[C@@H]5CCN(C)C5)C4)cc3c2)n1. The van der Waals surface area contributed by atoms with Gasteiger partial charge in [-0.25, -0.2) is 4.98 Å². The molecule has 4 heterocycles. The summed E-state index contributed by atoms with van der Waals surface area (Å²) in [6, 6.07) is 14.3. The number of anilines is 1. The molecule has 8 nitrogen and oxygen atoms in total. The highest BCUT2D eigenvalue weighted by Crippen LogP contribution is 2.36. The molecule has 190 valence electrons. The second kappa shape index (κ2) is 9.94. The van der Waals surface area contributed by atoms with E-state index in [4.69, 9.17) is 4.74 Å². The Bertz CT molecular complexity index is 1430. The summed E-state index contributed by atoms with van der Waals surface area (Å²) < 4.78 is 5.71. The lowest BCUT2D eigenvalue weighted by Gasteiger charge is -2.34. The largest absolute Gasteiger partial charge is 0.461 e. The second-order valence-corrected chi connectivity index (χ2v) is 10.4. The van der Waals surface area contributed by atoms with Crippen molar-refractivity contribution in [3.8, 4) is 22.6 Å². The summed E-state index contributed by atoms with van der Waals surface area (Å²) in [6.45, 7) is 4.67. The van der Waals surface area contributed by atoms with E-state index in [1.165, 1.54) is 0 Å². The average Bonchev–Trinajstić information content (AvgIpc) is 3.51. The highest BCUT2D eigenvalue weighted by molar-refractivity contribution is 5.88. The lowest BCUT2D eigenvalue weighted by atomic mass is 9.75. The van der Waals surface area contributed by atoms with Crippen LogP contribution in [-0.4, -0.2) is 63.6 Å². The number of carbonyl (C=O) groups is 1. The van der Waals surface area contributed by atoms with Crippen molar-refractivity contribution in [3.05, 3.63) is 60.7 Å². The second-order valence-electron chi connectivity index (χ2n) is 10.4.